The molecule has 6 nitrogen and oxygen atoms in total. The molecule has 0 N–H and O–H groups in total. The number of nitrogens with zero attached hydrogens (tertiary/aromatic N) is 2. The number of aryl methyl sites for hydroxylation is 2. The summed E-state index contributed by atoms with van der Waals surface area (Å²) < 4.78 is 32.7. The molecule has 0 saturated carbocycles. The van der Waals surface area contributed by atoms with Crippen molar-refractivity contribution in [3.8, 4) is 5.75 Å². The van der Waals surface area contributed by atoms with E-state index >= 15 is 0 Å². The van der Waals surface area contributed by atoms with Crippen molar-refractivity contribution in [2.75, 3.05) is 32.8 Å². The predicted octanol–water partition coefficient (Wildman–Crippen LogP) is 2.85. The fourth-order valence-electron chi connectivity index (χ4n) is 3.20. The highest BCUT2D eigenvalue weighted by Crippen LogP contribution is 2.21. The Labute approximate surface area is 166 Å². The van der Waals surface area contributed by atoms with Gasteiger partial charge >= 0.3 is 0 Å². The normalized spacial score (nSPS) is 15.5. The fraction of sp³-hybridized carbons (Fsp3) is 0.381. The molecule has 150 valence electrons. The van der Waals surface area contributed by atoms with Gasteiger partial charge in [0.15, 0.2) is 0 Å². The summed E-state index contributed by atoms with van der Waals surface area (Å²) in [4.78, 5) is 14.7. The van der Waals surface area contributed by atoms with Crippen LogP contribution in [0.15, 0.2) is 47.4 Å². The average Bonchev–Trinajstić information content (AvgIpc) is 2.70. The Kier molecular flexibility index (Phi) is 6.05. The molecule has 0 aromatic heterocycles. The lowest BCUT2D eigenvalue weighted by Gasteiger charge is -2.34. The van der Waals surface area contributed by atoms with Gasteiger partial charge in [-0.15, -0.1) is 0 Å². The Balaban J connectivity index is 1.66. The number of hydrogen-bond acceptors (Lipinski definition) is 4. The van der Waals surface area contributed by atoms with E-state index in [1.54, 1.807) is 41.3 Å². The van der Waals surface area contributed by atoms with E-state index in [0.717, 1.165) is 16.9 Å². The highest BCUT2D eigenvalue weighted by molar-refractivity contribution is 7.89. The summed E-state index contributed by atoms with van der Waals surface area (Å²) in [6, 6.07) is 12.2. The topological polar surface area (TPSA) is 66.9 Å². The molecule has 1 amide bonds. The van der Waals surface area contributed by atoms with Gasteiger partial charge in [-0.1, -0.05) is 6.07 Å². The predicted molar refractivity (Wildman–Crippen MR) is 108 cm³/mol. The van der Waals surface area contributed by atoms with E-state index in [0.29, 0.717) is 30.2 Å². The number of carbonyl (C=O) groups is 1. The maximum absolute atomic E-state index is 12.9. The SMILES string of the molecule is CCOc1ccc(C(=O)N2CCN(S(=O)(=O)c3ccc(C)c(C)c3)CC2)cc1. The second-order valence-corrected chi connectivity index (χ2v) is 8.84. The van der Waals surface area contributed by atoms with Gasteiger partial charge in [0.2, 0.25) is 10.0 Å². The molecule has 0 atom stereocenters. The maximum atomic E-state index is 12.9. The molecule has 2 aromatic carbocycles. The second kappa shape index (κ2) is 8.32. The number of hydrogen-bond donors (Lipinski definition) is 0. The molecule has 1 heterocycles. The van der Waals surface area contributed by atoms with E-state index in [2.05, 4.69) is 0 Å². The van der Waals surface area contributed by atoms with Crippen LogP contribution in [0.5, 0.6) is 5.75 Å². The van der Waals surface area contributed by atoms with E-state index in [-0.39, 0.29) is 19.0 Å². The number of sulfonamides is 1. The van der Waals surface area contributed by atoms with Crippen molar-refractivity contribution in [3.05, 3.63) is 59.2 Å². The highest BCUT2D eigenvalue weighted by atomic mass is 32.2. The van der Waals surface area contributed by atoms with Crippen LogP contribution in [-0.2, 0) is 10.0 Å². The van der Waals surface area contributed by atoms with Crippen molar-refractivity contribution in [2.45, 2.75) is 25.7 Å². The van der Waals surface area contributed by atoms with Gasteiger partial charge in [0.25, 0.3) is 5.91 Å². The Morgan fingerprint density at radius 3 is 2.18 bits per heavy atom. The minimum Gasteiger partial charge on any atom is -0.494 e. The van der Waals surface area contributed by atoms with E-state index in [4.69, 9.17) is 4.74 Å². The molecule has 1 aliphatic rings. The molecule has 0 bridgehead atoms. The molecular formula is C21H26N2O4S. The molecule has 0 aliphatic carbocycles. The van der Waals surface area contributed by atoms with Gasteiger partial charge in [-0.25, -0.2) is 8.42 Å². The molecular weight excluding hydrogens is 376 g/mol. The zero-order chi connectivity index (χ0) is 20.3. The van der Waals surface area contributed by atoms with Crippen molar-refractivity contribution in [1.82, 2.24) is 9.21 Å². The van der Waals surface area contributed by atoms with Crippen molar-refractivity contribution in [2.24, 2.45) is 0 Å². The first kappa shape index (κ1) is 20.4. The van der Waals surface area contributed by atoms with Gasteiger partial charge in [0, 0.05) is 31.7 Å². The van der Waals surface area contributed by atoms with Crippen LogP contribution in [-0.4, -0.2) is 56.3 Å². The smallest absolute Gasteiger partial charge is 0.253 e. The standard InChI is InChI=1S/C21H26N2O4S/c1-4-27-19-8-6-18(7-9-19)21(24)22-11-13-23(14-12-22)28(25,26)20-10-5-16(2)17(3)15-20/h5-10,15H,4,11-14H2,1-3H3. The van der Waals surface area contributed by atoms with Crippen LogP contribution in [0.1, 0.15) is 28.4 Å². The molecule has 1 aliphatic heterocycles. The van der Waals surface area contributed by atoms with E-state index in [1.165, 1.54) is 4.31 Å². The van der Waals surface area contributed by atoms with Crippen LogP contribution >= 0.6 is 0 Å². The monoisotopic (exact) mass is 402 g/mol. The highest BCUT2D eigenvalue weighted by Gasteiger charge is 2.30. The van der Waals surface area contributed by atoms with Crippen LogP contribution in [0.25, 0.3) is 0 Å². The molecule has 28 heavy (non-hydrogen) atoms. The summed E-state index contributed by atoms with van der Waals surface area (Å²) >= 11 is 0. The summed E-state index contributed by atoms with van der Waals surface area (Å²) in [6.07, 6.45) is 0. The van der Waals surface area contributed by atoms with Crippen LogP contribution in [0.3, 0.4) is 0 Å². The number of amides is 1. The Morgan fingerprint density at radius 1 is 0.964 bits per heavy atom. The largest absolute Gasteiger partial charge is 0.494 e. The lowest BCUT2D eigenvalue weighted by atomic mass is 10.1. The molecule has 1 saturated heterocycles. The first-order chi connectivity index (χ1) is 13.3. The molecule has 0 unspecified atom stereocenters. The number of ether oxygens (including phenoxy) is 1. The molecule has 2 aromatic rings. The van der Waals surface area contributed by atoms with Crippen LogP contribution in [0.4, 0.5) is 0 Å². The number of carbonyl (C=O) groups excluding carboxylic acids is 1. The molecule has 0 spiro atoms. The molecule has 7 heteroatoms. The third-order valence-corrected chi connectivity index (χ3v) is 6.95. The fourth-order valence-corrected chi connectivity index (χ4v) is 4.71. The molecule has 1 fully saturated rings. The Hall–Kier alpha value is -2.38. The lowest BCUT2D eigenvalue weighted by Crippen LogP contribution is -2.50. The summed E-state index contributed by atoms with van der Waals surface area (Å²) in [5.74, 6) is 0.634. The van der Waals surface area contributed by atoms with Crippen molar-refractivity contribution in [1.29, 1.82) is 0 Å². The Bertz CT molecular complexity index is 947. The summed E-state index contributed by atoms with van der Waals surface area (Å²) in [7, 11) is -3.55. The van der Waals surface area contributed by atoms with Crippen molar-refractivity contribution in [3.63, 3.8) is 0 Å². The first-order valence-corrected chi connectivity index (χ1v) is 10.9. The van der Waals surface area contributed by atoms with Gasteiger partial charge < -0.3 is 9.64 Å². The summed E-state index contributed by atoms with van der Waals surface area (Å²) in [5, 5.41) is 0. The summed E-state index contributed by atoms with van der Waals surface area (Å²) in [5.41, 5.74) is 2.59. The Morgan fingerprint density at radius 2 is 1.61 bits per heavy atom. The second-order valence-electron chi connectivity index (χ2n) is 6.90. The summed E-state index contributed by atoms with van der Waals surface area (Å²) in [6.45, 7) is 7.66. The van der Waals surface area contributed by atoms with Gasteiger partial charge in [-0.3, -0.25) is 4.79 Å². The van der Waals surface area contributed by atoms with Crippen LogP contribution in [0, 0.1) is 13.8 Å². The zero-order valence-corrected chi connectivity index (χ0v) is 17.3. The van der Waals surface area contributed by atoms with Crippen LogP contribution in [0.2, 0.25) is 0 Å². The number of rotatable bonds is 5. The average molecular weight is 403 g/mol. The van der Waals surface area contributed by atoms with Crippen molar-refractivity contribution >= 4 is 15.9 Å². The van der Waals surface area contributed by atoms with Gasteiger partial charge in [0.1, 0.15) is 5.75 Å². The van der Waals surface area contributed by atoms with E-state index in [9.17, 15) is 13.2 Å². The minimum absolute atomic E-state index is 0.0914. The first-order valence-electron chi connectivity index (χ1n) is 9.42. The van der Waals surface area contributed by atoms with Gasteiger partial charge in [-0.2, -0.15) is 4.31 Å². The number of piperazine rings is 1. The molecule has 3 rings (SSSR count). The lowest BCUT2D eigenvalue weighted by molar-refractivity contribution is 0.0698. The minimum atomic E-state index is -3.55. The van der Waals surface area contributed by atoms with Gasteiger partial charge in [0.05, 0.1) is 11.5 Å². The van der Waals surface area contributed by atoms with Crippen LogP contribution < -0.4 is 4.74 Å². The molecule has 0 radical (unpaired) electrons. The number of benzene rings is 2. The quantitative estimate of drug-likeness (QED) is 0.771. The zero-order valence-electron chi connectivity index (χ0n) is 16.5. The van der Waals surface area contributed by atoms with Gasteiger partial charge in [-0.05, 0) is 68.3 Å². The maximum Gasteiger partial charge on any atom is 0.253 e. The third kappa shape index (κ3) is 4.20. The van der Waals surface area contributed by atoms with Crippen molar-refractivity contribution < 1.29 is 17.9 Å². The van der Waals surface area contributed by atoms with E-state index < -0.39 is 10.0 Å². The third-order valence-electron chi connectivity index (χ3n) is 5.05. The van der Waals surface area contributed by atoms with E-state index in [1.807, 2.05) is 26.8 Å².